The van der Waals surface area contributed by atoms with Gasteiger partial charge in [-0.15, -0.1) is 0 Å². The third-order valence-corrected chi connectivity index (χ3v) is 6.62. The molecular formula is C23H20ClN7O4S. The first kappa shape index (κ1) is 25.1. The van der Waals surface area contributed by atoms with Gasteiger partial charge in [-0.2, -0.15) is 20.3 Å². The first-order chi connectivity index (χ1) is 17.0. The molecule has 1 aliphatic heterocycles. The molecule has 1 atom stereocenters. The lowest BCUT2D eigenvalue weighted by atomic mass is 10.2. The SMILES string of the molecule is CC1=NN(C(=O)c2ccc(Cl)cc2)C(=O)C1/N=N/c1ccc(S(=O)(=O)Nc2nc(C)cc(C)n2)cc1. The number of azo groups is 1. The van der Waals surface area contributed by atoms with E-state index in [2.05, 4.69) is 30.0 Å². The average Bonchev–Trinajstić information content (AvgIpc) is 3.10. The highest BCUT2D eigenvalue weighted by Gasteiger charge is 2.38. The highest BCUT2D eigenvalue weighted by atomic mass is 35.5. The third kappa shape index (κ3) is 5.44. The Labute approximate surface area is 212 Å². The summed E-state index contributed by atoms with van der Waals surface area (Å²) in [4.78, 5) is 33.5. The van der Waals surface area contributed by atoms with E-state index >= 15 is 0 Å². The Morgan fingerprint density at radius 2 is 1.61 bits per heavy atom. The number of nitrogens with zero attached hydrogens (tertiary/aromatic N) is 6. The summed E-state index contributed by atoms with van der Waals surface area (Å²) in [6, 6.07) is 12.3. The number of rotatable bonds is 6. The number of nitrogens with one attached hydrogen (secondary N) is 1. The molecule has 0 fully saturated rings. The number of carbonyl (C=O) groups is 2. The Hall–Kier alpha value is -4.03. The van der Waals surface area contributed by atoms with Gasteiger partial charge in [0, 0.05) is 22.0 Å². The van der Waals surface area contributed by atoms with Crippen LogP contribution >= 0.6 is 11.6 Å². The van der Waals surface area contributed by atoms with Crippen molar-refractivity contribution in [2.45, 2.75) is 31.7 Å². The summed E-state index contributed by atoms with van der Waals surface area (Å²) in [7, 11) is -3.93. The summed E-state index contributed by atoms with van der Waals surface area (Å²) in [6.45, 7) is 5.04. The van der Waals surface area contributed by atoms with Crippen LogP contribution in [-0.2, 0) is 14.8 Å². The summed E-state index contributed by atoms with van der Waals surface area (Å²) < 4.78 is 27.7. The average molecular weight is 526 g/mol. The van der Waals surface area contributed by atoms with E-state index in [1.807, 2.05) is 0 Å². The van der Waals surface area contributed by atoms with E-state index in [1.165, 1.54) is 48.5 Å². The van der Waals surface area contributed by atoms with Gasteiger partial charge < -0.3 is 0 Å². The normalized spacial score (nSPS) is 15.9. The van der Waals surface area contributed by atoms with Gasteiger partial charge in [0.05, 0.1) is 16.3 Å². The molecule has 0 radical (unpaired) electrons. The number of carbonyl (C=O) groups excluding carboxylic acids is 2. The summed E-state index contributed by atoms with van der Waals surface area (Å²) in [6.07, 6.45) is 0. The number of aryl methyl sites for hydroxylation is 2. The zero-order valence-corrected chi connectivity index (χ0v) is 20.9. The number of benzene rings is 2. The minimum Gasteiger partial charge on any atom is -0.269 e. The van der Waals surface area contributed by atoms with E-state index < -0.39 is 27.9 Å². The number of hydrogen-bond donors (Lipinski definition) is 1. The highest BCUT2D eigenvalue weighted by Crippen LogP contribution is 2.22. The molecule has 2 amide bonds. The van der Waals surface area contributed by atoms with Crippen molar-refractivity contribution in [3.05, 3.63) is 76.6 Å². The van der Waals surface area contributed by atoms with Gasteiger partial charge >= 0.3 is 0 Å². The second-order valence-corrected chi connectivity index (χ2v) is 10.0. The lowest BCUT2D eigenvalue weighted by molar-refractivity contribution is -0.127. The van der Waals surface area contributed by atoms with Crippen LogP contribution in [-0.4, -0.2) is 47.0 Å². The van der Waals surface area contributed by atoms with Gasteiger partial charge in [0.2, 0.25) is 5.95 Å². The molecule has 2 aromatic carbocycles. The Kier molecular flexibility index (Phi) is 6.91. The van der Waals surface area contributed by atoms with Crippen molar-refractivity contribution in [2.24, 2.45) is 15.3 Å². The van der Waals surface area contributed by atoms with Crippen molar-refractivity contribution in [1.82, 2.24) is 15.0 Å². The van der Waals surface area contributed by atoms with Crippen molar-refractivity contribution in [3.63, 3.8) is 0 Å². The van der Waals surface area contributed by atoms with E-state index in [-0.39, 0.29) is 16.4 Å². The Morgan fingerprint density at radius 1 is 1.00 bits per heavy atom. The predicted molar refractivity (Wildman–Crippen MR) is 133 cm³/mol. The smallest absolute Gasteiger partial charge is 0.269 e. The van der Waals surface area contributed by atoms with Crippen LogP contribution in [0.3, 0.4) is 0 Å². The Balaban J connectivity index is 1.46. The topological polar surface area (TPSA) is 146 Å². The van der Waals surface area contributed by atoms with Crippen LogP contribution in [0.5, 0.6) is 0 Å². The van der Waals surface area contributed by atoms with Crippen LogP contribution in [0.1, 0.15) is 28.7 Å². The highest BCUT2D eigenvalue weighted by molar-refractivity contribution is 7.92. The molecule has 1 aromatic heterocycles. The molecule has 1 unspecified atom stereocenters. The third-order valence-electron chi connectivity index (χ3n) is 5.02. The number of anilines is 1. The first-order valence-electron chi connectivity index (χ1n) is 10.6. The number of hydrogen-bond acceptors (Lipinski definition) is 9. The van der Waals surface area contributed by atoms with E-state index in [1.54, 1.807) is 26.8 Å². The molecule has 184 valence electrons. The molecule has 11 nitrogen and oxygen atoms in total. The number of hydrazone groups is 1. The van der Waals surface area contributed by atoms with Gasteiger partial charge in [0.25, 0.3) is 21.8 Å². The van der Waals surface area contributed by atoms with Gasteiger partial charge in [-0.05, 0) is 75.4 Å². The lowest BCUT2D eigenvalue weighted by Crippen LogP contribution is -2.34. The van der Waals surface area contributed by atoms with Crippen molar-refractivity contribution in [2.75, 3.05) is 4.72 Å². The molecule has 1 aliphatic rings. The summed E-state index contributed by atoms with van der Waals surface area (Å²) >= 11 is 5.84. The molecule has 3 aromatic rings. The number of halogens is 1. The van der Waals surface area contributed by atoms with Crippen LogP contribution < -0.4 is 4.72 Å². The Morgan fingerprint density at radius 3 is 2.22 bits per heavy atom. The number of aromatic nitrogens is 2. The second kappa shape index (κ2) is 9.91. The molecule has 13 heteroatoms. The van der Waals surface area contributed by atoms with Gasteiger partial charge in [-0.1, -0.05) is 11.6 Å². The van der Waals surface area contributed by atoms with Gasteiger partial charge in [-0.3, -0.25) is 9.59 Å². The van der Waals surface area contributed by atoms with Gasteiger partial charge in [0.1, 0.15) is 0 Å². The van der Waals surface area contributed by atoms with Crippen molar-refractivity contribution in [1.29, 1.82) is 0 Å². The summed E-state index contributed by atoms with van der Waals surface area (Å²) in [5.41, 5.74) is 2.11. The molecule has 0 spiro atoms. The van der Waals surface area contributed by atoms with Gasteiger partial charge in [-0.25, -0.2) is 23.1 Å². The molecule has 0 saturated heterocycles. The van der Waals surface area contributed by atoms with Crippen LogP contribution in [0, 0.1) is 13.8 Å². The largest absolute Gasteiger partial charge is 0.282 e. The number of amides is 2. The predicted octanol–water partition coefficient (Wildman–Crippen LogP) is 4.06. The maximum absolute atomic E-state index is 12.7. The van der Waals surface area contributed by atoms with Crippen molar-refractivity contribution in [3.8, 4) is 0 Å². The maximum Gasteiger partial charge on any atom is 0.282 e. The number of imide groups is 1. The van der Waals surface area contributed by atoms with Crippen molar-refractivity contribution >= 4 is 50.8 Å². The van der Waals surface area contributed by atoms with Crippen molar-refractivity contribution < 1.29 is 18.0 Å². The first-order valence-corrected chi connectivity index (χ1v) is 12.4. The molecule has 4 rings (SSSR count). The lowest BCUT2D eigenvalue weighted by Gasteiger charge is -2.10. The maximum atomic E-state index is 12.7. The summed E-state index contributed by atoms with van der Waals surface area (Å²) in [5.74, 6) is -1.28. The molecule has 2 heterocycles. The van der Waals surface area contributed by atoms with Crippen LogP contribution in [0.4, 0.5) is 11.6 Å². The van der Waals surface area contributed by atoms with E-state index in [9.17, 15) is 18.0 Å². The molecule has 36 heavy (non-hydrogen) atoms. The summed E-state index contributed by atoms with van der Waals surface area (Å²) in [5, 5.41) is 13.3. The van der Waals surface area contributed by atoms with Crippen LogP contribution in [0.2, 0.25) is 5.02 Å². The zero-order chi connectivity index (χ0) is 26.0. The molecule has 1 N–H and O–H groups in total. The number of sulfonamides is 1. The molecule has 0 bridgehead atoms. The fourth-order valence-corrected chi connectivity index (χ4v) is 4.39. The van der Waals surface area contributed by atoms with E-state index in [0.29, 0.717) is 27.8 Å². The quantitative estimate of drug-likeness (QED) is 0.379. The zero-order valence-electron chi connectivity index (χ0n) is 19.4. The second-order valence-electron chi connectivity index (χ2n) is 7.90. The monoisotopic (exact) mass is 525 g/mol. The van der Waals surface area contributed by atoms with Gasteiger partial charge in [0.15, 0.2) is 6.04 Å². The van der Waals surface area contributed by atoms with E-state index in [0.717, 1.165) is 5.01 Å². The fourth-order valence-electron chi connectivity index (χ4n) is 3.32. The Bertz CT molecular complexity index is 1480. The minimum atomic E-state index is -3.93. The molecule has 0 saturated carbocycles. The molecular weight excluding hydrogens is 506 g/mol. The fraction of sp³-hybridized carbons (Fsp3) is 0.174. The van der Waals surface area contributed by atoms with Crippen LogP contribution in [0.15, 0.2) is 74.8 Å². The van der Waals surface area contributed by atoms with Crippen LogP contribution in [0.25, 0.3) is 0 Å². The van der Waals surface area contributed by atoms with E-state index in [4.69, 9.17) is 11.6 Å². The minimum absolute atomic E-state index is 0.0246. The standard InChI is InChI=1S/C23H20ClN7O4S/c1-13-12-14(2)26-23(25-13)30-36(34,35)19-10-8-18(9-11-19)27-28-20-15(3)29-31(22(20)33)21(32)16-4-6-17(24)7-5-16/h4-12,20H,1-3H3,(H,25,26,30)/b28-27+. The molecule has 0 aliphatic carbocycles.